The molecule has 1 aliphatic carbocycles. The van der Waals surface area contributed by atoms with Crippen LogP contribution < -0.4 is 5.32 Å². The number of piperazine rings is 1. The summed E-state index contributed by atoms with van der Waals surface area (Å²) in [6.45, 7) is 12.3. The molecule has 1 aromatic carbocycles. The number of hydrogen-bond acceptors (Lipinski definition) is 4. The first-order chi connectivity index (χ1) is 14.9. The molecule has 0 radical (unpaired) electrons. The van der Waals surface area contributed by atoms with Gasteiger partial charge in [-0.25, -0.2) is 0 Å². The van der Waals surface area contributed by atoms with Gasteiger partial charge in [-0.2, -0.15) is 0 Å². The number of carbonyl (C=O) groups excluding carboxylic acids is 2. The number of carbonyl (C=O) groups is 2. The molecule has 2 heterocycles. The summed E-state index contributed by atoms with van der Waals surface area (Å²) in [5, 5.41) is 3.32. The number of hydrogen-bond donors (Lipinski definition) is 1. The standard InChI is InChI=1S/C25H38N4O2/c1-18(2)15-28(16-21-7-5-4-6-19(21)3)22-14-23(25(31)27-12-10-26-11-13-27)29(17-22)24(30)20-8-9-20/h4-7,18,20,22-23,26H,8-17H2,1-3H3. The van der Waals surface area contributed by atoms with E-state index in [0.717, 1.165) is 58.5 Å². The molecule has 0 aromatic heterocycles. The second-order valence-electron chi connectivity index (χ2n) is 10.00. The fourth-order valence-electron chi connectivity index (χ4n) is 5.03. The largest absolute Gasteiger partial charge is 0.338 e. The quantitative estimate of drug-likeness (QED) is 0.727. The summed E-state index contributed by atoms with van der Waals surface area (Å²) in [4.78, 5) is 33.0. The van der Waals surface area contributed by atoms with Crippen molar-refractivity contribution in [2.75, 3.05) is 39.3 Å². The summed E-state index contributed by atoms with van der Waals surface area (Å²) in [7, 11) is 0. The van der Waals surface area contributed by atoms with E-state index >= 15 is 0 Å². The topological polar surface area (TPSA) is 55.9 Å². The second kappa shape index (κ2) is 9.70. The molecule has 2 saturated heterocycles. The molecule has 3 fully saturated rings. The molecule has 2 amide bonds. The van der Waals surface area contributed by atoms with Crippen LogP contribution in [0.25, 0.3) is 0 Å². The highest BCUT2D eigenvalue weighted by atomic mass is 16.2. The molecule has 1 N–H and O–H groups in total. The Morgan fingerprint density at radius 3 is 2.48 bits per heavy atom. The zero-order valence-corrected chi connectivity index (χ0v) is 19.3. The van der Waals surface area contributed by atoms with Crippen LogP contribution in [0.2, 0.25) is 0 Å². The van der Waals surface area contributed by atoms with Gasteiger partial charge in [0.25, 0.3) is 0 Å². The van der Waals surface area contributed by atoms with Crippen molar-refractivity contribution in [1.82, 2.24) is 20.0 Å². The van der Waals surface area contributed by atoms with Crippen molar-refractivity contribution in [2.24, 2.45) is 11.8 Å². The first kappa shape index (κ1) is 22.3. The van der Waals surface area contributed by atoms with Gasteiger partial charge in [-0.3, -0.25) is 14.5 Å². The molecule has 2 atom stereocenters. The third-order valence-corrected chi connectivity index (χ3v) is 6.95. The van der Waals surface area contributed by atoms with Crippen LogP contribution in [0, 0.1) is 18.8 Å². The lowest BCUT2D eigenvalue weighted by molar-refractivity contribution is -0.144. The van der Waals surface area contributed by atoms with Crippen molar-refractivity contribution in [1.29, 1.82) is 0 Å². The van der Waals surface area contributed by atoms with Gasteiger partial charge in [0.15, 0.2) is 0 Å². The predicted molar refractivity (Wildman–Crippen MR) is 123 cm³/mol. The average molecular weight is 427 g/mol. The minimum absolute atomic E-state index is 0.145. The Morgan fingerprint density at radius 2 is 1.84 bits per heavy atom. The second-order valence-corrected chi connectivity index (χ2v) is 10.00. The summed E-state index contributed by atoms with van der Waals surface area (Å²) in [6.07, 6.45) is 2.71. The van der Waals surface area contributed by atoms with E-state index in [1.165, 1.54) is 11.1 Å². The lowest BCUT2D eigenvalue weighted by Gasteiger charge is -2.32. The Hall–Kier alpha value is -1.92. The minimum Gasteiger partial charge on any atom is -0.338 e. The fourth-order valence-corrected chi connectivity index (χ4v) is 5.03. The summed E-state index contributed by atoms with van der Waals surface area (Å²) >= 11 is 0. The fraction of sp³-hybridized carbons (Fsp3) is 0.680. The normalized spacial score (nSPS) is 24.3. The molecule has 2 unspecified atom stereocenters. The molecular weight excluding hydrogens is 388 g/mol. The van der Waals surface area contributed by atoms with Crippen LogP contribution in [0.3, 0.4) is 0 Å². The van der Waals surface area contributed by atoms with Crippen molar-refractivity contribution in [3.8, 4) is 0 Å². The van der Waals surface area contributed by atoms with E-state index in [9.17, 15) is 9.59 Å². The summed E-state index contributed by atoms with van der Waals surface area (Å²) in [6, 6.07) is 8.47. The van der Waals surface area contributed by atoms with Gasteiger partial charge in [0.2, 0.25) is 11.8 Å². The van der Waals surface area contributed by atoms with Crippen molar-refractivity contribution < 1.29 is 9.59 Å². The monoisotopic (exact) mass is 426 g/mol. The van der Waals surface area contributed by atoms with Crippen LogP contribution in [0.4, 0.5) is 0 Å². The number of benzene rings is 1. The molecule has 1 saturated carbocycles. The predicted octanol–water partition coefficient (Wildman–Crippen LogP) is 2.26. The van der Waals surface area contributed by atoms with Gasteiger partial charge in [-0.05, 0) is 43.2 Å². The smallest absolute Gasteiger partial charge is 0.245 e. The zero-order chi connectivity index (χ0) is 22.0. The van der Waals surface area contributed by atoms with Gasteiger partial charge >= 0.3 is 0 Å². The average Bonchev–Trinajstić information content (AvgIpc) is 3.52. The summed E-state index contributed by atoms with van der Waals surface area (Å²) in [5.41, 5.74) is 2.63. The first-order valence-electron chi connectivity index (χ1n) is 12.0. The Balaban J connectivity index is 1.54. The van der Waals surface area contributed by atoms with Crippen LogP contribution in [0.1, 0.15) is 44.2 Å². The van der Waals surface area contributed by atoms with E-state index < -0.39 is 0 Å². The van der Waals surface area contributed by atoms with Crippen LogP contribution in [-0.4, -0.2) is 77.9 Å². The van der Waals surface area contributed by atoms with E-state index in [-0.39, 0.29) is 29.8 Å². The van der Waals surface area contributed by atoms with Crippen LogP contribution >= 0.6 is 0 Å². The van der Waals surface area contributed by atoms with Gasteiger partial charge in [0, 0.05) is 57.8 Å². The summed E-state index contributed by atoms with van der Waals surface area (Å²) in [5.74, 6) is 1.03. The number of rotatable bonds is 7. The van der Waals surface area contributed by atoms with Gasteiger partial charge in [0.1, 0.15) is 6.04 Å². The van der Waals surface area contributed by atoms with Crippen LogP contribution in [0.5, 0.6) is 0 Å². The number of nitrogens with one attached hydrogen (secondary N) is 1. The Bertz CT molecular complexity index is 785. The molecule has 3 aliphatic rings. The van der Waals surface area contributed by atoms with Gasteiger partial charge in [0.05, 0.1) is 0 Å². The van der Waals surface area contributed by atoms with E-state index in [0.29, 0.717) is 12.5 Å². The number of likely N-dealkylation sites (tertiary alicyclic amines) is 1. The third kappa shape index (κ3) is 5.29. The van der Waals surface area contributed by atoms with Crippen LogP contribution in [0.15, 0.2) is 24.3 Å². The van der Waals surface area contributed by atoms with E-state index in [2.05, 4.69) is 55.3 Å². The van der Waals surface area contributed by atoms with Crippen molar-refractivity contribution in [3.63, 3.8) is 0 Å². The van der Waals surface area contributed by atoms with Crippen molar-refractivity contribution >= 4 is 11.8 Å². The molecule has 31 heavy (non-hydrogen) atoms. The van der Waals surface area contributed by atoms with Crippen molar-refractivity contribution in [2.45, 2.75) is 58.7 Å². The number of amides is 2. The highest BCUT2D eigenvalue weighted by molar-refractivity contribution is 5.90. The molecule has 6 heteroatoms. The van der Waals surface area contributed by atoms with Crippen molar-refractivity contribution in [3.05, 3.63) is 35.4 Å². The highest BCUT2D eigenvalue weighted by Crippen LogP contribution is 2.35. The Morgan fingerprint density at radius 1 is 1.13 bits per heavy atom. The van der Waals surface area contributed by atoms with E-state index in [4.69, 9.17) is 0 Å². The molecular formula is C25H38N4O2. The zero-order valence-electron chi connectivity index (χ0n) is 19.3. The third-order valence-electron chi connectivity index (χ3n) is 6.95. The number of nitrogens with zero attached hydrogens (tertiary/aromatic N) is 3. The molecule has 0 bridgehead atoms. The minimum atomic E-state index is -0.303. The molecule has 0 spiro atoms. The van der Waals surface area contributed by atoms with Gasteiger partial charge in [-0.15, -0.1) is 0 Å². The Labute approximate surface area is 187 Å². The maximum atomic E-state index is 13.4. The lowest BCUT2D eigenvalue weighted by Crippen LogP contribution is -2.53. The SMILES string of the molecule is Cc1ccccc1CN(CC(C)C)C1CC(C(=O)N2CCNCC2)N(C(=O)C2CC2)C1. The maximum absolute atomic E-state index is 13.4. The van der Waals surface area contributed by atoms with E-state index in [1.807, 2.05) is 9.80 Å². The molecule has 170 valence electrons. The van der Waals surface area contributed by atoms with Gasteiger partial charge in [-0.1, -0.05) is 38.1 Å². The molecule has 6 nitrogen and oxygen atoms in total. The van der Waals surface area contributed by atoms with E-state index in [1.54, 1.807) is 0 Å². The number of aryl methyl sites for hydroxylation is 1. The molecule has 2 aliphatic heterocycles. The molecule has 4 rings (SSSR count). The molecule has 1 aromatic rings. The lowest BCUT2D eigenvalue weighted by atomic mass is 10.0. The van der Waals surface area contributed by atoms with Crippen LogP contribution in [-0.2, 0) is 16.1 Å². The van der Waals surface area contributed by atoms with Gasteiger partial charge < -0.3 is 15.1 Å². The Kier molecular flexibility index (Phi) is 6.97. The first-order valence-corrected chi connectivity index (χ1v) is 12.0. The maximum Gasteiger partial charge on any atom is 0.245 e. The summed E-state index contributed by atoms with van der Waals surface area (Å²) < 4.78 is 0. The highest BCUT2D eigenvalue weighted by Gasteiger charge is 2.46.